The average Bonchev–Trinajstić information content (AvgIpc) is 3.26. The zero-order valence-electron chi connectivity index (χ0n) is 15.2. The molecule has 1 N–H and O–H groups in total. The first kappa shape index (κ1) is 17.9. The standard InChI is InChI=1S/C19H27N3O3S/c1-14-4-2-3-5-18(14)19(23)20-16-8-10-21(11-9-16)26(24,25)22-13-15-6-7-17(22)12-15/h2-5,15-17H,6-13H2,1H3,(H,20,23). The molecule has 2 unspecified atom stereocenters. The lowest BCUT2D eigenvalue weighted by Gasteiger charge is -2.36. The van der Waals surface area contributed by atoms with E-state index in [0.717, 1.165) is 18.4 Å². The van der Waals surface area contributed by atoms with Gasteiger partial charge in [-0.25, -0.2) is 0 Å². The first-order valence-corrected chi connectivity index (χ1v) is 11.0. The number of aryl methyl sites for hydroxylation is 1. The van der Waals surface area contributed by atoms with E-state index in [9.17, 15) is 13.2 Å². The van der Waals surface area contributed by atoms with E-state index in [0.29, 0.717) is 44.0 Å². The lowest BCUT2D eigenvalue weighted by atomic mass is 10.0. The van der Waals surface area contributed by atoms with Gasteiger partial charge in [-0.2, -0.15) is 17.0 Å². The minimum Gasteiger partial charge on any atom is -0.349 e. The summed E-state index contributed by atoms with van der Waals surface area (Å²) in [6.07, 6.45) is 4.54. The smallest absolute Gasteiger partial charge is 0.282 e. The molecule has 7 heteroatoms. The van der Waals surface area contributed by atoms with E-state index in [-0.39, 0.29) is 18.0 Å². The van der Waals surface area contributed by atoms with Crippen molar-refractivity contribution in [3.05, 3.63) is 35.4 Å². The third kappa shape index (κ3) is 3.28. The zero-order valence-corrected chi connectivity index (χ0v) is 16.0. The topological polar surface area (TPSA) is 69.7 Å². The SMILES string of the molecule is Cc1ccccc1C(=O)NC1CCN(S(=O)(=O)N2CC3CCC2C3)CC1. The number of hydrogen-bond acceptors (Lipinski definition) is 3. The molecule has 1 aliphatic carbocycles. The van der Waals surface area contributed by atoms with Crippen molar-refractivity contribution in [1.29, 1.82) is 0 Å². The van der Waals surface area contributed by atoms with Crippen LogP contribution in [0.5, 0.6) is 0 Å². The molecule has 1 amide bonds. The van der Waals surface area contributed by atoms with Crippen LogP contribution in [0.4, 0.5) is 0 Å². The highest BCUT2D eigenvalue weighted by Crippen LogP contribution is 2.39. The summed E-state index contributed by atoms with van der Waals surface area (Å²) in [5.41, 5.74) is 1.64. The summed E-state index contributed by atoms with van der Waals surface area (Å²) in [4.78, 5) is 12.5. The first-order chi connectivity index (χ1) is 12.4. The molecule has 2 aliphatic heterocycles. The second-order valence-corrected chi connectivity index (χ2v) is 9.75. The molecule has 0 spiro atoms. The van der Waals surface area contributed by atoms with Crippen molar-refractivity contribution in [3.8, 4) is 0 Å². The lowest BCUT2D eigenvalue weighted by Crippen LogP contribution is -2.52. The summed E-state index contributed by atoms with van der Waals surface area (Å²) in [7, 11) is -3.35. The second-order valence-electron chi connectivity index (χ2n) is 7.87. The Kier molecular flexibility index (Phi) is 4.79. The molecule has 1 aromatic carbocycles. The molecule has 2 atom stereocenters. The Morgan fingerprint density at radius 2 is 1.85 bits per heavy atom. The number of benzene rings is 1. The van der Waals surface area contributed by atoms with Gasteiger partial charge < -0.3 is 5.32 Å². The number of rotatable bonds is 4. The molecule has 4 rings (SSSR count). The molecule has 2 heterocycles. The van der Waals surface area contributed by atoms with E-state index in [1.165, 1.54) is 6.42 Å². The lowest BCUT2D eigenvalue weighted by molar-refractivity contribution is 0.0922. The van der Waals surface area contributed by atoms with E-state index in [2.05, 4.69) is 5.32 Å². The first-order valence-electron chi connectivity index (χ1n) is 9.58. The van der Waals surface area contributed by atoms with Crippen LogP contribution in [0.25, 0.3) is 0 Å². The minimum atomic E-state index is -3.35. The van der Waals surface area contributed by atoms with Crippen molar-refractivity contribution in [2.45, 2.75) is 51.1 Å². The number of amides is 1. The van der Waals surface area contributed by atoms with Crippen LogP contribution in [0.15, 0.2) is 24.3 Å². The van der Waals surface area contributed by atoms with Crippen LogP contribution in [0.2, 0.25) is 0 Å². The normalized spacial score (nSPS) is 27.7. The van der Waals surface area contributed by atoms with Gasteiger partial charge in [0.1, 0.15) is 0 Å². The summed E-state index contributed by atoms with van der Waals surface area (Å²) >= 11 is 0. The molecular weight excluding hydrogens is 350 g/mol. The number of carbonyl (C=O) groups is 1. The molecule has 2 bridgehead atoms. The third-order valence-electron chi connectivity index (χ3n) is 6.16. The van der Waals surface area contributed by atoms with Crippen molar-refractivity contribution in [2.75, 3.05) is 19.6 Å². The van der Waals surface area contributed by atoms with Crippen LogP contribution < -0.4 is 5.32 Å². The monoisotopic (exact) mass is 377 g/mol. The molecule has 6 nitrogen and oxygen atoms in total. The maximum atomic E-state index is 12.9. The van der Waals surface area contributed by atoms with Gasteiger partial charge in [-0.1, -0.05) is 18.2 Å². The van der Waals surface area contributed by atoms with Crippen LogP contribution in [-0.4, -0.2) is 54.7 Å². The molecule has 1 aromatic rings. The maximum absolute atomic E-state index is 12.9. The number of carbonyl (C=O) groups excluding carboxylic acids is 1. The molecule has 142 valence electrons. The Hall–Kier alpha value is -1.44. The van der Waals surface area contributed by atoms with E-state index < -0.39 is 10.2 Å². The van der Waals surface area contributed by atoms with Crippen LogP contribution >= 0.6 is 0 Å². The van der Waals surface area contributed by atoms with E-state index in [1.807, 2.05) is 31.2 Å². The molecular formula is C19H27N3O3S. The van der Waals surface area contributed by atoms with Gasteiger partial charge in [-0.15, -0.1) is 0 Å². The predicted octanol–water partition coefficient (Wildman–Crippen LogP) is 1.92. The molecule has 0 aromatic heterocycles. The van der Waals surface area contributed by atoms with E-state index in [4.69, 9.17) is 0 Å². The van der Waals surface area contributed by atoms with E-state index >= 15 is 0 Å². The fourth-order valence-electron chi connectivity index (χ4n) is 4.63. The van der Waals surface area contributed by atoms with Gasteiger partial charge >= 0.3 is 0 Å². The molecule has 1 saturated carbocycles. The van der Waals surface area contributed by atoms with Crippen molar-refractivity contribution in [3.63, 3.8) is 0 Å². The van der Waals surface area contributed by atoms with Crippen LogP contribution in [-0.2, 0) is 10.2 Å². The van der Waals surface area contributed by atoms with Crippen molar-refractivity contribution >= 4 is 16.1 Å². The van der Waals surface area contributed by atoms with Crippen molar-refractivity contribution < 1.29 is 13.2 Å². The van der Waals surface area contributed by atoms with Crippen molar-refractivity contribution in [1.82, 2.24) is 13.9 Å². The predicted molar refractivity (Wildman–Crippen MR) is 100.0 cm³/mol. The molecule has 26 heavy (non-hydrogen) atoms. The molecule has 3 fully saturated rings. The highest BCUT2D eigenvalue weighted by atomic mass is 32.2. The highest BCUT2D eigenvalue weighted by molar-refractivity contribution is 7.86. The largest absolute Gasteiger partial charge is 0.349 e. The van der Waals surface area contributed by atoms with Gasteiger partial charge in [-0.05, 0) is 56.6 Å². The number of nitrogens with zero attached hydrogens (tertiary/aromatic N) is 2. The van der Waals surface area contributed by atoms with Gasteiger partial charge in [0, 0.05) is 37.3 Å². The molecule has 3 aliphatic rings. The Morgan fingerprint density at radius 1 is 1.12 bits per heavy atom. The number of hydrogen-bond donors (Lipinski definition) is 1. The van der Waals surface area contributed by atoms with E-state index in [1.54, 1.807) is 8.61 Å². The number of nitrogens with one attached hydrogen (secondary N) is 1. The summed E-state index contributed by atoms with van der Waals surface area (Å²) in [5, 5.41) is 3.07. The molecule has 2 saturated heterocycles. The Bertz CT molecular complexity index is 787. The fourth-order valence-corrected chi connectivity index (χ4v) is 6.57. The summed E-state index contributed by atoms with van der Waals surface area (Å²) in [6.45, 7) is 3.58. The van der Waals surface area contributed by atoms with Crippen LogP contribution in [0.3, 0.4) is 0 Å². The van der Waals surface area contributed by atoms with Crippen molar-refractivity contribution in [2.24, 2.45) is 5.92 Å². The number of piperidine rings is 2. The Morgan fingerprint density at radius 3 is 2.46 bits per heavy atom. The minimum absolute atomic E-state index is 0.0311. The summed E-state index contributed by atoms with van der Waals surface area (Å²) < 4.78 is 29.2. The van der Waals surface area contributed by atoms with Gasteiger partial charge in [0.2, 0.25) is 0 Å². The Labute approximate surface area is 155 Å². The quantitative estimate of drug-likeness (QED) is 0.872. The maximum Gasteiger partial charge on any atom is 0.282 e. The Balaban J connectivity index is 1.34. The zero-order chi connectivity index (χ0) is 18.3. The number of fused-ring (bicyclic) bond motifs is 2. The van der Waals surface area contributed by atoms with Gasteiger partial charge in [0.05, 0.1) is 0 Å². The summed E-state index contributed by atoms with van der Waals surface area (Å²) in [6, 6.07) is 7.77. The van der Waals surface area contributed by atoms with Gasteiger partial charge in [0.15, 0.2) is 0 Å². The highest BCUT2D eigenvalue weighted by Gasteiger charge is 2.46. The summed E-state index contributed by atoms with van der Waals surface area (Å²) in [5.74, 6) is 0.488. The molecule has 0 radical (unpaired) electrons. The van der Waals surface area contributed by atoms with Crippen LogP contribution in [0, 0.1) is 12.8 Å². The third-order valence-corrected chi connectivity index (χ3v) is 8.22. The average molecular weight is 378 g/mol. The second kappa shape index (κ2) is 6.94. The van der Waals surface area contributed by atoms with Gasteiger partial charge in [0.25, 0.3) is 16.1 Å². The van der Waals surface area contributed by atoms with Gasteiger partial charge in [-0.3, -0.25) is 4.79 Å². The van der Waals surface area contributed by atoms with Crippen LogP contribution in [0.1, 0.15) is 48.0 Å². The fraction of sp³-hybridized carbons (Fsp3) is 0.632.